The van der Waals surface area contributed by atoms with E-state index in [9.17, 15) is 0 Å². The molecule has 0 atom stereocenters. The van der Waals surface area contributed by atoms with E-state index in [1.165, 1.54) is 32.7 Å². The molecule has 2 heteroatoms. The summed E-state index contributed by atoms with van der Waals surface area (Å²) in [6.07, 6.45) is 2.12. The number of hydrogen-bond acceptors (Lipinski definition) is 0. The summed E-state index contributed by atoms with van der Waals surface area (Å²) < 4.78 is 4.65. The Morgan fingerprint density at radius 3 is 2.65 bits per heavy atom. The van der Waals surface area contributed by atoms with E-state index in [0.29, 0.717) is 0 Å². The lowest BCUT2D eigenvalue weighted by Gasteiger charge is -2.04. The molecular weight excluding hydrogens is 244 g/mol. The third-order valence-electron chi connectivity index (χ3n) is 4.19. The predicted octanol–water partition coefficient (Wildman–Crippen LogP) is 3.79. The highest BCUT2D eigenvalue weighted by atomic mass is 15.0. The van der Waals surface area contributed by atoms with Gasteiger partial charge < -0.3 is 4.57 Å². The van der Waals surface area contributed by atoms with E-state index in [4.69, 9.17) is 0 Å². The quantitative estimate of drug-likeness (QED) is 0.461. The van der Waals surface area contributed by atoms with Gasteiger partial charge in [-0.2, -0.15) is 4.57 Å². The lowest BCUT2D eigenvalue weighted by Crippen LogP contribution is -2.28. The fourth-order valence-corrected chi connectivity index (χ4v) is 3.33. The first-order valence-corrected chi connectivity index (χ1v) is 7.09. The first kappa shape index (κ1) is 11.5. The number of fused-ring (bicyclic) bond motifs is 5. The SMILES string of the molecule is CCn1c2ccccc2c2ccc3ccc[n+](C)c3c21. The molecule has 20 heavy (non-hydrogen) atoms. The molecule has 4 rings (SSSR count). The molecule has 0 radical (unpaired) electrons. The number of pyridine rings is 1. The molecule has 0 unspecified atom stereocenters. The maximum absolute atomic E-state index is 2.42. The third kappa shape index (κ3) is 1.36. The van der Waals surface area contributed by atoms with Crippen molar-refractivity contribution in [2.45, 2.75) is 13.5 Å². The number of benzene rings is 2. The number of hydrogen-bond donors (Lipinski definition) is 0. The molecule has 0 bridgehead atoms. The second-order valence-electron chi connectivity index (χ2n) is 5.28. The molecule has 0 N–H and O–H groups in total. The Kier molecular flexibility index (Phi) is 2.34. The molecule has 2 aromatic heterocycles. The summed E-state index contributed by atoms with van der Waals surface area (Å²) in [5.74, 6) is 0. The fraction of sp³-hybridized carbons (Fsp3) is 0.167. The van der Waals surface area contributed by atoms with Crippen molar-refractivity contribution >= 4 is 32.7 Å². The molecule has 0 amide bonds. The zero-order chi connectivity index (χ0) is 13.7. The maximum Gasteiger partial charge on any atom is 0.236 e. The normalized spacial score (nSPS) is 11.7. The second kappa shape index (κ2) is 4.07. The zero-order valence-corrected chi connectivity index (χ0v) is 11.8. The second-order valence-corrected chi connectivity index (χ2v) is 5.28. The average molecular weight is 261 g/mol. The smallest absolute Gasteiger partial charge is 0.236 e. The van der Waals surface area contributed by atoms with E-state index in [1.807, 2.05) is 0 Å². The van der Waals surface area contributed by atoms with Gasteiger partial charge in [-0.05, 0) is 25.1 Å². The van der Waals surface area contributed by atoms with E-state index in [-0.39, 0.29) is 0 Å². The van der Waals surface area contributed by atoms with Crippen LogP contribution in [0.3, 0.4) is 0 Å². The highest BCUT2D eigenvalue weighted by Crippen LogP contribution is 2.32. The molecule has 0 aliphatic heterocycles. The first-order valence-electron chi connectivity index (χ1n) is 7.09. The van der Waals surface area contributed by atoms with Crippen LogP contribution in [0.5, 0.6) is 0 Å². The lowest BCUT2D eigenvalue weighted by atomic mass is 10.1. The molecule has 2 aromatic carbocycles. The van der Waals surface area contributed by atoms with Gasteiger partial charge in [0.1, 0.15) is 12.6 Å². The molecule has 0 aliphatic rings. The molecule has 0 aliphatic carbocycles. The highest BCUT2D eigenvalue weighted by molar-refractivity contribution is 6.15. The van der Waals surface area contributed by atoms with Crippen molar-refractivity contribution in [3.8, 4) is 0 Å². The van der Waals surface area contributed by atoms with E-state index in [1.54, 1.807) is 0 Å². The summed E-state index contributed by atoms with van der Waals surface area (Å²) in [6.45, 7) is 3.20. The van der Waals surface area contributed by atoms with Gasteiger partial charge in [-0.1, -0.05) is 24.3 Å². The summed E-state index contributed by atoms with van der Waals surface area (Å²) in [5, 5.41) is 3.98. The highest BCUT2D eigenvalue weighted by Gasteiger charge is 2.17. The molecular formula is C18H17N2+. The molecule has 2 nitrogen and oxygen atoms in total. The van der Waals surface area contributed by atoms with Crippen LogP contribution in [0.4, 0.5) is 0 Å². The fourth-order valence-electron chi connectivity index (χ4n) is 3.33. The van der Waals surface area contributed by atoms with Crippen LogP contribution in [-0.2, 0) is 13.6 Å². The summed E-state index contributed by atoms with van der Waals surface area (Å²) >= 11 is 0. The minimum atomic E-state index is 0.984. The first-order chi connectivity index (χ1) is 9.81. The zero-order valence-electron chi connectivity index (χ0n) is 11.8. The lowest BCUT2D eigenvalue weighted by molar-refractivity contribution is -0.644. The van der Waals surface area contributed by atoms with E-state index >= 15 is 0 Å². The van der Waals surface area contributed by atoms with Crippen LogP contribution in [0.25, 0.3) is 32.7 Å². The number of para-hydroxylation sites is 1. The average Bonchev–Trinajstić information content (AvgIpc) is 2.81. The Morgan fingerprint density at radius 2 is 1.80 bits per heavy atom. The van der Waals surface area contributed by atoms with Gasteiger partial charge in [0.2, 0.25) is 5.52 Å². The van der Waals surface area contributed by atoms with Crippen LogP contribution < -0.4 is 4.57 Å². The minimum absolute atomic E-state index is 0.984. The van der Waals surface area contributed by atoms with Crippen LogP contribution in [0.2, 0.25) is 0 Å². The van der Waals surface area contributed by atoms with Gasteiger partial charge in [-0.25, -0.2) is 0 Å². The van der Waals surface area contributed by atoms with Crippen molar-refractivity contribution in [2.75, 3.05) is 0 Å². The standard InChI is InChI=1S/C18H17N2/c1-3-20-16-9-5-4-8-14(16)15-11-10-13-7-6-12-19(2)17(13)18(15)20/h4-12H,3H2,1-2H3/q+1. The number of aryl methyl sites for hydroxylation is 2. The van der Waals surface area contributed by atoms with Crippen molar-refractivity contribution in [3.05, 3.63) is 54.7 Å². The molecule has 0 fully saturated rings. The Bertz CT molecular complexity index is 948. The molecule has 0 saturated heterocycles. The number of nitrogens with zero attached hydrogens (tertiary/aromatic N) is 2. The van der Waals surface area contributed by atoms with Crippen LogP contribution in [0, 0.1) is 0 Å². The van der Waals surface area contributed by atoms with E-state index in [0.717, 1.165) is 6.54 Å². The van der Waals surface area contributed by atoms with Gasteiger partial charge in [-0.15, -0.1) is 0 Å². The Labute approximate surface area is 117 Å². The van der Waals surface area contributed by atoms with Crippen molar-refractivity contribution in [2.24, 2.45) is 7.05 Å². The summed E-state index contributed by atoms with van der Waals surface area (Å²) in [5.41, 5.74) is 3.97. The van der Waals surface area contributed by atoms with Crippen molar-refractivity contribution in [1.82, 2.24) is 4.57 Å². The largest absolute Gasteiger partial charge is 0.335 e. The van der Waals surface area contributed by atoms with Crippen LogP contribution in [0.15, 0.2) is 54.7 Å². The molecule has 0 spiro atoms. The maximum atomic E-state index is 2.42. The van der Waals surface area contributed by atoms with Gasteiger partial charge in [0.15, 0.2) is 6.20 Å². The van der Waals surface area contributed by atoms with Crippen LogP contribution >= 0.6 is 0 Å². The Hall–Kier alpha value is -2.35. The van der Waals surface area contributed by atoms with Gasteiger partial charge in [0.05, 0.1) is 0 Å². The Morgan fingerprint density at radius 1 is 0.950 bits per heavy atom. The van der Waals surface area contributed by atoms with E-state index in [2.05, 4.69) is 77.8 Å². The van der Waals surface area contributed by atoms with Gasteiger partial charge in [-0.3, -0.25) is 0 Å². The third-order valence-corrected chi connectivity index (χ3v) is 4.19. The van der Waals surface area contributed by atoms with Crippen molar-refractivity contribution < 1.29 is 4.57 Å². The predicted molar refractivity (Wildman–Crippen MR) is 83.8 cm³/mol. The minimum Gasteiger partial charge on any atom is -0.335 e. The van der Waals surface area contributed by atoms with Gasteiger partial charge in [0.25, 0.3) is 0 Å². The molecule has 2 heterocycles. The van der Waals surface area contributed by atoms with Crippen LogP contribution in [-0.4, -0.2) is 4.57 Å². The summed E-state index contributed by atoms with van der Waals surface area (Å²) in [6, 6.07) is 17.5. The Balaban J connectivity index is 2.39. The monoisotopic (exact) mass is 261 g/mol. The number of rotatable bonds is 1. The van der Waals surface area contributed by atoms with E-state index < -0.39 is 0 Å². The summed E-state index contributed by atoms with van der Waals surface area (Å²) in [7, 11) is 2.12. The molecule has 98 valence electrons. The van der Waals surface area contributed by atoms with Crippen molar-refractivity contribution in [1.29, 1.82) is 0 Å². The van der Waals surface area contributed by atoms with Gasteiger partial charge >= 0.3 is 0 Å². The molecule has 0 saturated carbocycles. The van der Waals surface area contributed by atoms with Crippen molar-refractivity contribution in [3.63, 3.8) is 0 Å². The van der Waals surface area contributed by atoms with Crippen LogP contribution in [0.1, 0.15) is 6.92 Å². The number of aromatic nitrogens is 2. The summed E-state index contributed by atoms with van der Waals surface area (Å²) in [4.78, 5) is 0. The topological polar surface area (TPSA) is 8.81 Å². The van der Waals surface area contributed by atoms with Gasteiger partial charge in [0, 0.05) is 34.3 Å². The molecule has 4 aromatic rings.